The zero-order valence-corrected chi connectivity index (χ0v) is 23.2. The third kappa shape index (κ3) is 5.80. The largest absolute Gasteiger partial charge is 0.433 e. The minimum absolute atomic E-state index is 0.0173. The Bertz CT molecular complexity index is 1310. The lowest BCUT2D eigenvalue weighted by molar-refractivity contribution is -0.164. The zero-order valence-electron chi connectivity index (χ0n) is 23.2. The van der Waals surface area contributed by atoms with Gasteiger partial charge < -0.3 is 25.0 Å². The summed E-state index contributed by atoms with van der Waals surface area (Å²) in [7, 11) is 0. The van der Waals surface area contributed by atoms with E-state index in [9.17, 15) is 19.2 Å². The van der Waals surface area contributed by atoms with Crippen molar-refractivity contribution in [2.24, 2.45) is 11.3 Å². The van der Waals surface area contributed by atoms with Gasteiger partial charge in [-0.15, -0.1) is 0 Å². The molecule has 1 aromatic heterocycles. The van der Waals surface area contributed by atoms with Gasteiger partial charge in [0, 0.05) is 30.3 Å². The second kappa shape index (κ2) is 11.1. The first kappa shape index (κ1) is 28.2. The standard InChI is InChI=1S/C29H36N4O6/c1-7-38-28-20(14-21(34)39-28)31-26(36)23-17(3)16(2)15-33(23)27(37)24(29(4,5)6)32-25(35)22-19-11-9-8-10-18(19)12-13-30-22/h8-13,15,17,20,23-24,28H,7,14H2,1-6H3,(H,31,36)(H,32,35). The van der Waals surface area contributed by atoms with E-state index in [4.69, 9.17) is 9.47 Å². The topological polar surface area (TPSA) is 127 Å². The normalized spacial score (nSPS) is 23.8. The molecule has 5 unspecified atom stereocenters. The number of cyclic esters (lactones) is 1. The average Bonchev–Trinajstić information content (AvgIpc) is 3.38. The fraction of sp³-hybridized carbons (Fsp3) is 0.483. The van der Waals surface area contributed by atoms with E-state index in [2.05, 4.69) is 15.6 Å². The molecular weight excluding hydrogens is 500 g/mol. The monoisotopic (exact) mass is 536 g/mol. The number of benzene rings is 1. The number of esters is 1. The first-order valence-electron chi connectivity index (χ1n) is 13.2. The van der Waals surface area contributed by atoms with Crippen LogP contribution < -0.4 is 10.6 Å². The third-order valence-corrected chi connectivity index (χ3v) is 7.26. The molecule has 2 N–H and O–H groups in total. The van der Waals surface area contributed by atoms with Crippen LogP contribution >= 0.6 is 0 Å². The molecule has 5 atom stereocenters. The fourth-order valence-electron chi connectivity index (χ4n) is 5.00. The summed E-state index contributed by atoms with van der Waals surface area (Å²) < 4.78 is 10.6. The van der Waals surface area contributed by atoms with Crippen molar-refractivity contribution in [1.29, 1.82) is 0 Å². The Morgan fingerprint density at radius 3 is 2.62 bits per heavy atom. The van der Waals surface area contributed by atoms with E-state index >= 15 is 0 Å². The predicted molar refractivity (Wildman–Crippen MR) is 144 cm³/mol. The molecule has 10 nitrogen and oxygen atoms in total. The van der Waals surface area contributed by atoms with Crippen molar-refractivity contribution in [3.05, 3.63) is 54.0 Å². The van der Waals surface area contributed by atoms with Crippen molar-refractivity contribution in [3.8, 4) is 0 Å². The third-order valence-electron chi connectivity index (χ3n) is 7.26. The first-order valence-corrected chi connectivity index (χ1v) is 13.2. The van der Waals surface area contributed by atoms with Gasteiger partial charge in [-0.05, 0) is 30.7 Å². The Hall–Kier alpha value is -3.79. The Balaban J connectivity index is 1.58. The van der Waals surface area contributed by atoms with Crippen LogP contribution in [0.25, 0.3) is 10.8 Å². The molecule has 2 aliphatic heterocycles. The van der Waals surface area contributed by atoms with Crippen LogP contribution in [0.5, 0.6) is 0 Å². The molecule has 3 amide bonds. The number of pyridine rings is 1. The minimum Gasteiger partial charge on any atom is -0.433 e. The Labute approximate surface area is 228 Å². The second-order valence-electron chi connectivity index (χ2n) is 11.1. The number of hydrogen-bond donors (Lipinski definition) is 2. The molecule has 1 fully saturated rings. The lowest BCUT2D eigenvalue weighted by Gasteiger charge is -2.36. The smallest absolute Gasteiger partial charge is 0.310 e. The van der Waals surface area contributed by atoms with Gasteiger partial charge >= 0.3 is 5.97 Å². The highest BCUT2D eigenvalue weighted by Gasteiger charge is 2.46. The van der Waals surface area contributed by atoms with Gasteiger partial charge in [-0.25, -0.2) is 0 Å². The molecule has 10 heteroatoms. The summed E-state index contributed by atoms with van der Waals surface area (Å²) in [5, 5.41) is 7.29. The summed E-state index contributed by atoms with van der Waals surface area (Å²) in [6.07, 6.45) is 2.33. The van der Waals surface area contributed by atoms with Crippen LogP contribution in [0.15, 0.2) is 48.3 Å². The van der Waals surface area contributed by atoms with E-state index in [0.717, 1.165) is 11.0 Å². The maximum absolute atomic E-state index is 14.0. The van der Waals surface area contributed by atoms with Gasteiger partial charge in [0.05, 0.1) is 6.42 Å². The van der Waals surface area contributed by atoms with Crippen LogP contribution in [0.4, 0.5) is 0 Å². The highest BCUT2D eigenvalue weighted by atomic mass is 16.7. The molecule has 0 aliphatic carbocycles. The first-order chi connectivity index (χ1) is 18.4. The Kier molecular flexibility index (Phi) is 8.06. The predicted octanol–water partition coefficient (Wildman–Crippen LogP) is 2.92. The van der Waals surface area contributed by atoms with Gasteiger partial charge in [0.2, 0.25) is 18.1 Å². The second-order valence-corrected chi connectivity index (χ2v) is 11.1. The van der Waals surface area contributed by atoms with Gasteiger partial charge in [-0.3, -0.25) is 24.2 Å². The molecule has 208 valence electrons. The number of carbonyl (C=O) groups excluding carboxylic acids is 4. The van der Waals surface area contributed by atoms with Gasteiger partial charge in [-0.1, -0.05) is 57.5 Å². The van der Waals surface area contributed by atoms with Gasteiger partial charge in [0.25, 0.3) is 5.91 Å². The number of fused-ring (bicyclic) bond motifs is 1. The lowest BCUT2D eigenvalue weighted by atomic mass is 9.85. The van der Waals surface area contributed by atoms with Crippen LogP contribution in [0, 0.1) is 11.3 Å². The summed E-state index contributed by atoms with van der Waals surface area (Å²) in [5.41, 5.74) is 0.384. The Morgan fingerprint density at radius 2 is 1.92 bits per heavy atom. The van der Waals surface area contributed by atoms with Crippen LogP contribution in [-0.4, -0.2) is 64.6 Å². The summed E-state index contributed by atoms with van der Waals surface area (Å²) >= 11 is 0. The van der Waals surface area contributed by atoms with E-state index in [1.807, 2.05) is 65.0 Å². The van der Waals surface area contributed by atoms with Crippen molar-refractivity contribution in [2.75, 3.05) is 6.61 Å². The van der Waals surface area contributed by atoms with Crippen molar-refractivity contribution >= 4 is 34.5 Å². The highest BCUT2D eigenvalue weighted by molar-refractivity contribution is 6.06. The summed E-state index contributed by atoms with van der Waals surface area (Å²) in [6.45, 7) is 11.4. The van der Waals surface area contributed by atoms with Gasteiger partial charge in [-0.2, -0.15) is 0 Å². The number of nitrogens with zero attached hydrogens (tertiary/aromatic N) is 2. The highest BCUT2D eigenvalue weighted by Crippen LogP contribution is 2.32. The van der Waals surface area contributed by atoms with Crippen LogP contribution in [-0.2, 0) is 23.9 Å². The molecule has 0 saturated carbocycles. The van der Waals surface area contributed by atoms with E-state index in [1.54, 1.807) is 19.3 Å². The van der Waals surface area contributed by atoms with Crippen molar-refractivity contribution in [3.63, 3.8) is 0 Å². The van der Waals surface area contributed by atoms with E-state index in [-0.39, 0.29) is 18.0 Å². The molecule has 1 saturated heterocycles. The molecule has 2 aliphatic rings. The van der Waals surface area contributed by atoms with Crippen LogP contribution in [0.3, 0.4) is 0 Å². The fourth-order valence-corrected chi connectivity index (χ4v) is 5.00. The van der Waals surface area contributed by atoms with Crippen molar-refractivity contribution in [1.82, 2.24) is 20.5 Å². The molecule has 0 spiro atoms. The Morgan fingerprint density at radius 1 is 1.21 bits per heavy atom. The molecule has 39 heavy (non-hydrogen) atoms. The maximum Gasteiger partial charge on any atom is 0.310 e. The number of carbonyl (C=O) groups is 4. The maximum atomic E-state index is 14.0. The quantitative estimate of drug-likeness (QED) is 0.521. The molecular formula is C29H36N4O6. The van der Waals surface area contributed by atoms with Crippen LogP contribution in [0.1, 0.15) is 58.5 Å². The molecule has 2 aromatic rings. The van der Waals surface area contributed by atoms with Crippen LogP contribution in [0.2, 0.25) is 0 Å². The van der Waals surface area contributed by atoms with E-state index in [0.29, 0.717) is 12.0 Å². The summed E-state index contributed by atoms with van der Waals surface area (Å²) in [6, 6.07) is 6.74. The average molecular weight is 537 g/mol. The summed E-state index contributed by atoms with van der Waals surface area (Å²) in [4.78, 5) is 58.6. The number of amides is 3. The molecule has 4 rings (SSSR count). The minimum atomic E-state index is -0.956. The van der Waals surface area contributed by atoms with E-state index < -0.39 is 53.5 Å². The molecule has 0 radical (unpaired) electrons. The SMILES string of the molecule is CCOC1OC(=O)CC1NC(=O)C1C(C)C(C)=CN1C(=O)C(NC(=O)c1nccc2ccccc12)C(C)(C)C. The number of aromatic nitrogens is 1. The zero-order chi connectivity index (χ0) is 28.5. The molecule has 3 heterocycles. The summed E-state index contributed by atoms with van der Waals surface area (Å²) in [5.74, 6) is -2.06. The molecule has 0 bridgehead atoms. The number of nitrogens with one attached hydrogen (secondary N) is 2. The van der Waals surface area contributed by atoms with Crippen molar-refractivity contribution in [2.45, 2.75) is 72.4 Å². The lowest BCUT2D eigenvalue weighted by Crippen LogP contribution is -2.58. The molecule has 1 aromatic carbocycles. The van der Waals surface area contributed by atoms with Gasteiger partial charge in [0.1, 0.15) is 23.8 Å². The van der Waals surface area contributed by atoms with E-state index in [1.165, 1.54) is 4.90 Å². The number of ether oxygens (including phenoxy) is 2. The van der Waals surface area contributed by atoms with Gasteiger partial charge in [0.15, 0.2) is 0 Å². The van der Waals surface area contributed by atoms with Crippen molar-refractivity contribution < 1.29 is 28.7 Å². The number of hydrogen-bond acceptors (Lipinski definition) is 7. The number of rotatable bonds is 7.